The first-order valence-corrected chi connectivity index (χ1v) is 3.53. The van der Waals surface area contributed by atoms with E-state index >= 15 is 0 Å². The molecule has 1 saturated heterocycles. The molecule has 0 aromatic rings. The van der Waals surface area contributed by atoms with Gasteiger partial charge in [-0.3, -0.25) is 4.79 Å². The summed E-state index contributed by atoms with van der Waals surface area (Å²) in [6, 6.07) is 0. The van der Waals surface area contributed by atoms with Gasteiger partial charge in [0.2, 0.25) is 0 Å². The number of carbonyl (C=O) groups excluding carboxylic acids is 1. The van der Waals surface area contributed by atoms with Crippen molar-refractivity contribution in [3.8, 4) is 0 Å². The summed E-state index contributed by atoms with van der Waals surface area (Å²) in [6.07, 6.45) is 2.33. The molecule has 0 radical (unpaired) electrons. The standard InChI is InChI=1S/C8H12O2/c1-3-8(9)7-4-5-10-6(7)2/h3,6-7H,1,4-5H2,2H3. The first-order valence-electron chi connectivity index (χ1n) is 3.53. The highest BCUT2D eigenvalue weighted by Crippen LogP contribution is 2.21. The molecule has 10 heavy (non-hydrogen) atoms. The lowest BCUT2D eigenvalue weighted by Crippen LogP contribution is -2.19. The molecule has 2 unspecified atom stereocenters. The van der Waals surface area contributed by atoms with E-state index in [-0.39, 0.29) is 17.8 Å². The molecule has 0 N–H and O–H groups in total. The van der Waals surface area contributed by atoms with Crippen LogP contribution in [0.5, 0.6) is 0 Å². The third-order valence-electron chi connectivity index (χ3n) is 1.94. The molecule has 0 aromatic heterocycles. The molecule has 0 bridgehead atoms. The number of ether oxygens (including phenoxy) is 1. The fourth-order valence-electron chi connectivity index (χ4n) is 1.26. The number of hydrogen-bond acceptors (Lipinski definition) is 2. The van der Waals surface area contributed by atoms with Gasteiger partial charge in [-0.05, 0) is 19.4 Å². The summed E-state index contributed by atoms with van der Waals surface area (Å²) < 4.78 is 5.22. The normalized spacial score (nSPS) is 32.1. The van der Waals surface area contributed by atoms with Crippen molar-refractivity contribution in [1.82, 2.24) is 0 Å². The van der Waals surface area contributed by atoms with Gasteiger partial charge < -0.3 is 4.74 Å². The number of rotatable bonds is 2. The van der Waals surface area contributed by atoms with Crippen LogP contribution in [0.15, 0.2) is 12.7 Å². The van der Waals surface area contributed by atoms with Gasteiger partial charge >= 0.3 is 0 Å². The van der Waals surface area contributed by atoms with Gasteiger partial charge in [0, 0.05) is 12.5 Å². The van der Waals surface area contributed by atoms with Crippen LogP contribution in [0.1, 0.15) is 13.3 Å². The average Bonchev–Trinajstić information content (AvgIpc) is 2.34. The third-order valence-corrected chi connectivity index (χ3v) is 1.94. The molecule has 1 aliphatic rings. The molecule has 2 heteroatoms. The van der Waals surface area contributed by atoms with Crippen LogP contribution < -0.4 is 0 Å². The zero-order valence-corrected chi connectivity index (χ0v) is 6.17. The molecular formula is C8H12O2. The second kappa shape index (κ2) is 2.97. The van der Waals surface area contributed by atoms with E-state index < -0.39 is 0 Å². The van der Waals surface area contributed by atoms with Crippen molar-refractivity contribution >= 4 is 5.78 Å². The molecule has 1 heterocycles. The van der Waals surface area contributed by atoms with Crippen molar-refractivity contribution in [2.24, 2.45) is 5.92 Å². The van der Waals surface area contributed by atoms with E-state index in [1.54, 1.807) is 0 Å². The largest absolute Gasteiger partial charge is 0.378 e. The Morgan fingerprint density at radius 3 is 2.90 bits per heavy atom. The van der Waals surface area contributed by atoms with Crippen molar-refractivity contribution in [3.05, 3.63) is 12.7 Å². The van der Waals surface area contributed by atoms with Gasteiger partial charge in [-0.1, -0.05) is 6.58 Å². The van der Waals surface area contributed by atoms with E-state index in [4.69, 9.17) is 4.74 Å². The Morgan fingerprint density at radius 1 is 1.80 bits per heavy atom. The molecule has 0 spiro atoms. The van der Waals surface area contributed by atoms with Crippen LogP contribution in [0.3, 0.4) is 0 Å². The second-order valence-corrected chi connectivity index (χ2v) is 2.58. The predicted octanol–water partition coefficient (Wildman–Crippen LogP) is 1.17. The molecule has 0 saturated carbocycles. The van der Waals surface area contributed by atoms with Gasteiger partial charge in [0.25, 0.3) is 0 Å². The van der Waals surface area contributed by atoms with Crippen LogP contribution in [0.2, 0.25) is 0 Å². The number of carbonyl (C=O) groups is 1. The maximum atomic E-state index is 11.0. The van der Waals surface area contributed by atoms with E-state index in [1.807, 2.05) is 6.92 Å². The van der Waals surface area contributed by atoms with Gasteiger partial charge in [0.15, 0.2) is 5.78 Å². The smallest absolute Gasteiger partial charge is 0.160 e. The summed E-state index contributed by atoms with van der Waals surface area (Å²) in [5.41, 5.74) is 0. The van der Waals surface area contributed by atoms with Gasteiger partial charge in [-0.15, -0.1) is 0 Å². The Labute approximate surface area is 60.9 Å². The maximum Gasteiger partial charge on any atom is 0.160 e. The van der Waals surface area contributed by atoms with Gasteiger partial charge in [0.05, 0.1) is 6.10 Å². The van der Waals surface area contributed by atoms with E-state index in [0.29, 0.717) is 6.61 Å². The molecule has 0 aromatic carbocycles. The van der Waals surface area contributed by atoms with Gasteiger partial charge in [0.1, 0.15) is 0 Å². The molecule has 0 aliphatic carbocycles. The van der Waals surface area contributed by atoms with Crippen LogP contribution in [0.25, 0.3) is 0 Å². The lowest BCUT2D eigenvalue weighted by Gasteiger charge is -2.08. The molecular weight excluding hydrogens is 128 g/mol. The number of hydrogen-bond donors (Lipinski definition) is 0. The molecule has 56 valence electrons. The highest BCUT2D eigenvalue weighted by atomic mass is 16.5. The minimum atomic E-state index is 0.0671. The average molecular weight is 140 g/mol. The van der Waals surface area contributed by atoms with Gasteiger partial charge in [-0.25, -0.2) is 0 Å². The monoisotopic (exact) mass is 140 g/mol. The predicted molar refractivity (Wildman–Crippen MR) is 38.7 cm³/mol. The lowest BCUT2D eigenvalue weighted by atomic mass is 9.98. The summed E-state index contributed by atoms with van der Waals surface area (Å²) in [4.78, 5) is 11.0. The highest BCUT2D eigenvalue weighted by molar-refractivity contribution is 5.91. The Kier molecular flexibility index (Phi) is 2.22. The molecule has 1 aliphatic heterocycles. The Morgan fingerprint density at radius 2 is 2.50 bits per heavy atom. The van der Waals surface area contributed by atoms with Crippen LogP contribution in [-0.2, 0) is 9.53 Å². The summed E-state index contributed by atoms with van der Waals surface area (Å²) >= 11 is 0. The minimum Gasteiger partial charge on any atom is -0.378 e. The fourth-order valence-corrected chi connectivity index (χ4v) is 1.26. The van der Waals surface area contributed by atoms with E-state index in [0.717, 1.165) is 6.42 Å². The first-order chi connectivity index (χ1) is 4.75. The van der Waals surface area contributed by atoms with E-state index in [2.05, 4.69) is 6.58 Å². The van der Waals surface area contributed by atoms with Crippen molar-refractivity contribution in [2.45, 2.75) is 19.4 Å². The SMILES string of the molecule is C=CC(=O)C1CCOC1C. The van der Waals surface area contributed by atoms with Crippen molar-refractivity contribution < 1.29 is 9.53 Å². The molecule has 2 nitrogen and oxygen atoms in total. The third kappa shape index (κ3) is 1.27. The van der Waals surface area contributed by atoms with Crippen molar-refractivity contribution in [1.29, 1.82) is 0 Å². The van der Waals surface area contributed by atoms with E-state index in [1.165, 1.54) is 6.08 Å². The van der Waals surface area contributed by atoms with E-state index in [9.17, 15) is 4.79 Å². The van der Waals surface area contributed by atoms with Crippen LogP contribution in [0, 0.1) is 5.92 Å². The topological polar surface area (TPSA) is 26.3 Å². The van der Waals surface area contributed by atoms with Crippen LogP contribution >= 0.6 is 0 Å². The lowest BCUT2D eigenvalue weighted by molar-refractivity contribution is -0.119. The molecule has 1 fully saturated rings. The zero-order chi connectivity index (χ0) is 7.56. The minimum absolute atomic E-state index is 0.0671. The molecule has 2 atom stereocenters. The van der Waals surface area contributed by atoms with Crippen LogP contribution in [-0.4, -0.2) is 18.5 Å². The zero-order valence-electron chi connectivity index (χ0n) is 6.17. The maximum absolute atomic E-state index is 11.0. The summed E-state index contributed by atoms with van der Waals surface area (Å²) in [5.74, 6) is 0.183. The Balaban J connectivity index is 2.54. The number of allylic oxidation sites excluding steroid dienone is 1. The van der Waals surface area contributed by atoms with Crippen molar-refractivity contribution in [2.75, 3.05) is 6.61 Å². The quantitative estimate of drug-likeness (QED) is 0.538. The summed E-state index contributed by atoms with van der Waals surface area (Å²) in [5, 5.41) is 0. The number of ketones is 1. The summed E-state index contributed by atoms with van der Waals surface area (Å²) in [6.45, 7) is 6.08. The first kappa shape index (κ1) is 7.48. The fraction of sp³-hybridized carbons (Fsp3) is 0.625. The Bertz CT molecular complexity index is 151. The van der Waals surface area contributed by atoms with Crippen LogP contribution in [0.4, 0.5) is 0 Å². The highest BCUT2D eigenvalue weighted by Gasteiger charge is 2.28. The molecule has 0 amide bonds. The Hall–Kier alpha value is -0.630. The van der Waals surface area contributed by atoms with Gasteiger partial charge in [-0.2, -0.15) is 0 Å². The second-order valence-electron chi connectivity index (χ2n) is 2.58. The summed E-state index contributed by atoms with van der Waals surface area (Å²) in [7, 11) is 0. The molecule has 1 rings (SSSR count). The van der Waals surface area contributed by atoms with Crippen molar-refractivity contribution in [3.63, 3.8) is 0 Å².